The van der Waals surface area contributed by atoms with Gasteiger partial charge in [-0.05, 0) is 56.7 Å². The van der Waals surface area contributed by atoms with E-state index < -0.39 is 0 Å². The van der Waals surface area contributed by atoms with Crippen LogP contribution in [-0.2, 0) is 0 Å². The van der Waals surface area contributed by atoms with Crippen LogP contribution in [0.25, 0.3) is 20.2 Å². The standard InChI is InChI=1S/C12H6BrIS/c13-10-6-7(14)5-9-8-3-1-2-4-11(8)15-12(9)10/h1-6H. The molecule has 0 nitrogen and oxygen atoms in total. The SMILES string of the molecule is Brc1cc(I)cc2c1sc1ccccc12. The molecule has 15 heavy (non-hydrogen) atoms. The van der Waals surface area contributed by atoms with Gasteiger partial charge in [-0.25, -0.2) is 0 Å². The first-order valence-corrected chi connectivity index (χ1v) is 7.21. The predicted molar refractivity (Wildman–Crippen MR) is 79.7 cm³/mol. The van der Waals surface area contributed by atoms with E-state index in [0.29, 0.717) is 0 Å². The third-order valence-electron chi connectivity index (χ3n) is 2.40. The highest BCUT2D eigenvalue weighted by Gasteiger charge is 2.07. The summed E-state index contributed by atoms with van der Waals surface area (Å²) in [5.74, 6) is 0. The van der Waals surface area contributed by atoms with Gasteiger partial charge in [-0.1, -0.05) is 18.2 Å². The van der Waals surface area contributed by atoms with Crippen LogP contribution in [-0.4, -0.2) is 0 Å². The molecule has 0 unspecified atom stereocenters. The van der Waals surface area contributed by atoms with Crippen LogP contribution in [0.5, 0.6) is 0 Å². The van der Waals surface area contributed by atoms with Gasteiger partial charge in [0.2, 0.25) is 0 Å². The summed E-state index contributed by atoms with van der Waals surface area (Å²) < 4.78 is 5.17. The zero-order valence-corrected chi connectivity index (χ0v) is 12.2. The number of benzene rings is 2. The topological polar surface area (TPSA) is 0 Å². The fourth-order valence-corrected chi connectivity index (χ4v) is 4.60. The van der Waals surface area contributed by atoms with E-state index in [9.17, 15) is 0 Å². The molecule has 0 aliphatic rings. The molecule has 0 radical (unpaired) electrons. The lowest BCUT2D eigenvalue weighted by molar-refractivity contribution is 1.72. The number of thiophene rings is 1. The second-order valence-electron chi connectivity index (χ2n) is 3.36. The second kappa shape index (κ2) is 3.71. The molecule has 3 heteroatoms. The molecular weight excluding hydrogens is 383 g/mol. The Morgan fingerprint density at radius 1 is 1.07 bits per heavy atom. The molecule has 0 N–H and O–H groups in total. The van der Waals surface area contributed by atoms with Crippen LogP contribution in [0.1, 0.15) is 0 Å². The van der Waals surface area contributed by atoms with E-state index in [0.717, 1.165) is 0 Å². The molecular formula is C12H6BrIS. The van der Waals surface area contributed by atoms with Crippen molar-refractivity contribution in [2.45, 2.75) is 0 Å². The normalized spacial score (nSPS) is 11.3. The van der Waals surface area contributed by atoms with Crippen LogP contribution < -0.4 is 0 Å². The monoisotopic (exact) mass is 388 g/mol. The van der Waals surface area contributed by atoms with Crippen molar-refractivity contribution in [1.29, 1.82) is 0 Å². The maximum atomic E-state index is 3.63. The summed E-state index contributed by atoms with van der Waals surface area (Å²) in [4.78, 5) is 0. The summed E-state index contributed by atoms with van der Waals surface area (Å²) in [5.41, 5.74) is 0. The van der Waals surface area contributed by atoms with E-state index in [-0.39, 0.29) is 0 Å². The van der Waals surface area contributed by atoms with Crippen molar-refractivity contribution in [2.75, 3.05) is 0 Å². The van der Waals surface area contributed by atoms with Gasteiger partial charge >= 0.3 is 0 Å². The van der Waals surface area contributed by atoms with Gasteiger partial charge in [0.05, 0.1) is 0 Å². The minimum Gasteiger partial charge on any atom is -0.134 e. The average molecular weight is 389 g/mol. The zero-order valence-electron chi connectivity index (χ0n) is 7.63. The van der Waals surface area contributed by atoms with E-state index >= 15 is 0 Å². The van der Waals surface area contributed by atoms with Crippen LogP contribution in [0.3, 0.4) is 0 Å². The molecule has 0 amide bonds. The number of hydrogen-bond donors (Lipinski definition) is 0. The average Bonchev–Trinajstić information content (AvgIpc) is 2.57. The Balaban J connectivity index is 2.61. The Hall–Kier alpha value is -0.130. The van der Waals surface area contributed by atoms with E-state index in [4.69, 9.17) is 0 Å². The first-order chi connectivity index (χ1) is 7.25. The smallest absolute Gasteiger partial charge is 0.0498 e. The van der Waals surface area contributed by atoms with E-state index in [1.165, 1.54) is 28.2 Å². The number of halogens is 2. The maximum absolute atomic E-state index is 3.63. The quantitative estimate of drug-likeness (QED) is 0.451. The van der Waals surface area contributed by atoms with Gasteiger partial charge in [0.1, 0.15) is 0 Å². The summed E-state index contributed by atoms with van der Waals surface area (Å²) in [6.45, 7) is 0. The molecule has 0 saturated carbocycles. The molecule has 0 saturated heterocycles. The molecule has 3 rings (SSSR count). The van der Waals surface area contributed by atoms with Gasteiger partial charge in [0.15, 0.2) is 0 Å². The summed E-state index contributed by atoms with van der Waals surface area (Å²) in [6, 6.07) is 13.0. The fourth-order valence-electron chi connectivity index (χ4n) is 1.75. The zero-order chi connectivity index (χ0) is 10.4. The van der Waals surface area contributed by atoms with Crippen molar-refractivity contribution >= 4 is 70.0 Å². The van der Waals surface area contributed by atoms with E-state index in [2.05, 4.69) is 74.9 Å². The van der Waals surface area contributed by atoms with Gasteiger partial charge in [0.25, 0.3) is 0 Å². The summed E-state index contributed by atoms with van der Waals surface area (Å²) in [7, 11) is 0. The van der Waals surface area contributed by atoms with Crippen molar-refractivity contribution in [3.8, 4) is 0 Å². The fraction of sp³-hybridized carbons (Fsp3) is 0. The number of fused-ring (bicyclic) bond motifs is 3. The Morgan fingerprint density at radius 3 is 2.73 bits per heavy atom. The molecule has 0 aliphatic heterocycles. The number of hydrogen-bond acceptors (Lipinski definition) is 1. The summed E-state index contributed by atoms with van der Waals surface area (Å²) in [5, 5.41) is 2.71. The summed E-state index contributed by atoms with van der Waals surface area (Å²) >= 11 is 7.84. The maximum Gasteiger partial charge on any atom is 0.0498 e. The van der Waals surface area contributed by atoms with Gasteiger partial charge in [-0.3, -0.25) is 0 Å². The Labute approximate surface area is 114 Å². The van der Waals surface area contributed by atoms with Crippen LogP contribution in [0.2, 0.25) is 0 Å². The molecule has 0 bridgehead atoms. The Kier molecular flexibility index (Phi) is 2.49. The van der Waals surface area contributed by atoms with E-state index in [1.54, 1.807) is 0 Å². The van der Waals surface area contributed by atoms with Crippen molar-refractivity contribution in [1.82, 2.24) is 0 Å². The van der Waals surface area contributed by atoms with E-state index in [1.807, 2.05) is 11.3 Å². The highest BCUT2D eigenvalue weighted by molar-refractivity contribution is 14.1. The molecule has 3 aromatic rings. The second-order valence-corrected chi connectivity index (χ2v) is 6.51. The van der Waals surface area contributed by atoms with Crippen LogP contribution in [0, 0.1) is 3.57 Å². The van der Waals surface area contributed by atoms with Crippen LogP contribution >= 0.6 is 49.9 Å². The van der Waals surface area contributed by atoms with Gasteiger partial charge in [0, 0.05) is 28.2 Å². The minimum atomic E-state index is 1.20. The third-order valence-corrected chi connectivity index (χ3v) is 5.13. The van der Waals surface area contributed by atoms with Crippen molar-refractivity contribution < 1.29 is 0 Å². The highest BCUT2D eigenvalue weighted by Crippen LogP contribution is 2.38. The minimum absolute atomic E-state index is 1.20. The predicted octanol–water partition coefficient (Wildman–Crippen LogP) is 5.42. The largest absolute Gasteiger partial charge is 0.134 e. The lowest BCUT2D eigenvalue weighted by atomic mass is 10.2. The van der Waals surface area contributed by atoms with Crippen LogP contribution in [0.15, 0.2) is 40.9 Å². The number of rotatable bonds is 0. The molecule has 0 fully saturated rings. The molecule has 0 spiro atoms. The molecule has 1 aromatic heterocycles. The molecule has 0 aliphatic carbocycles. The highest BCUT2D eigenvalue weighted by atomic mass is 127. The van der Waals surface area contributed by atoms with Crippen molar-refractivity contribution in [3.63, 3.8) is 0 Å². The van der Waals surface area contributed by atoms with Crippen molar-refractivity contribution in [3.05, 3.63) is 44.4 Å². The molecule has 0 atom stereocenters. The first-order valence-electron chi connectivity index (χ1n) is 4.52. The van der Waals surface area contributed by atoms with Crippen LogP contribution in [0.4, 0.5) is 0 Å². The van der Waals surface area contributed by atoms with Gasteiger partial charge in [-0.15, -0.1) is 11.3 Å². The lowest BCUT2D eigenvalue weighted by Gasteiger charge is -1.96. The Bertz CT molecular complexity index is 657. The van der Waals surface area contributed by atoms with Gasteiger partial charge in [-0.2, -0.15) is 0 Å². The molecule has 74 valence electrons. The Morgan fingerprint density at radius 2 is 1.87 bits per heavy atom. The first kappa shape index (κ1) is 10.1. The summed E-state index contributed by atoms with van der Waals surface area (Å²) in [6.07, 6.45) is 0. The molecule has 1 heterocycles. The van der Waals surface area contributed by atoms with Gasteiger partial charge < -0.3 is 0 Å². The third kappa shape index (κ3) is 1.61. The van der Waals surface area contributed by atoms with Crippen molar-refractivity contribution in [2.24, 2.45) is 0 Å². The lowest BCUT2D eigenvalue weighted by Crippen LogP contribution is -1.72. The molecule has 2 aromatic carbocycles.